The lowest BCUT2D eigenvalue weighted by Crippen LogP contribution is -2.44. The molecule has 1 fully saturated rings. The molecule has 1 N–H and O–H groups in total. The van der Waals surface area contributed by atoms with E-state index in [9.17, 15) is 9.59 Å². The quantitative estimate of drug-likeness (QED) is 0.558. The van der Waals surface area contributed by atoms with E-state index >= 15 is 0 Å². The van der Waals surface area contributed by atoms with Gasteiger partial charge in [-0.2, -0.15) is 5.10 Å². The van der Waals surface area contributed by atoms with Gasteiger partial charge in [0, 0.05) is 23.8 Å². The third-order valence-electron chi connectivity index (χ3n) is 6.47. The van der Waals surface area contributed by atoms with Crippen LogP contribution in [0.4, 0.5) is 0 Å². The number of likely N-dealkylation sites (tertiary alicyclic amines) is 1. The first-order valence-corrected chi connectivity index (χ1v) is 12.6. The van der Waals surface area contributed by atoms with Crippen LogP contribution in [0.15, 0.2) is 75.8 Å². The second kappa shape index (κ2) is 10.4. The van der Waals surface area contributed by atoms with Crippen molar-refractivity contribution in [3.05, 3.63) is 82.4 Å². The average Bonchev–Trinajstić information content (AvgIpc) is 3.64. The number of hydrogen-bond acceptors (Lipinski definition) is 6. The summed E-state index contributed by atoms with van der Waals surface area (Å²) in [4.78, 5) is 29.1. The van der Waals surface area contributed by atoms with Gasteiger partial charge in [-0.3, -0.25) is 14.5 Å². The number of nitrogens with zero attached hydrogens (tertiary/aromatic N) is 3. The van der Waals surface area contributed by atoms with E-state index in [2.05, 4.69) is 21.4 Å². The summed E-state index contributed by atoms with van der Waals surface area (Å²) in [5, 5.41) is 11.4. The molecule has 0 radical (unpaired) electrons. The molecule has 2 aromatic heterocycles. The number of hydrazone groups is 1. The Kier molecular flexibility index (Phi) is 6.87. The van der Waals surface area contributed by atoms with Crippen LogP contribution in [0.25, 0.3) is 0 Å². The topological polar surface area (TPSA) is 78.2 Å². The normalized spacial score (nSPS) is 19.2. The maximum atomic E-state index is 13.3. The van der Waals surface area contributed by atoms with Crippen molar-refractivity contribution >= 4 is 28.9 Å². The van der Waals surface area contributed by atoms with E-state index in [4.69, 9.17) is 4.42 Å². The fraction of sp³-hybridized carbons (Fsp3) is 0.346. The summed E-state index contributed by atoms with van der Waals surface area (Å²) in [6.07, 6.45) is 3.78. The third kappa shape index (κ3) is 5.13. The minimum Gasteiger partial charge on any atom is -0.463 e. The molecule has 34 heavy (non-hydrogen) atoms. The zero-order valence-electron chi connectivity index (χ0n) is 18.9. The molecule has 0 aliphatic carbocycles. The molecular weight excluding hydrogens is 448 g/mol. The molecule has 2 amide bonds. The molecule has 0 bridgehead atoms. The Morgan fingerprint density at radius 2 is 1.88 bits per heavy atom. The third-order valence-corrected chi connectivity index (χ3v) is 7.44. The number of carbonyl (C=O) groups is 2. The molecule has 0 saturated carbocycles. The first kappa shape index (κ1) is 22.6. The summed E-state index contributed by atoms with van der Waals surface area (Å²) in [6, 6.07) is 17.6. The van der Waals surface area contributed by atoms with Gasteiger partial charge in [-0.05, 0) is 55.1 Å². The highest BCUT2D eigenvalue weighted by Crippen LogP contribution is 2.35. The molecule has 1 atom stereocenters. The molecule has 3 aromatic rings. The standard InChI is InChI=1S/C26H28N4O3S/c31-25(30-22(24-9-5-15-34-24)16-21(28-30)23-8-4-14-33-23)18-29-12-10-20(11-13-29)26(32)27-17-19-6-2-1-3-7-19/h1-9,14-15,20,22H,10-13,16-18H2,(H,27,32). The van der Waals surface area contributed by atoms with Gasteiger partial charge in [0.15, 0.2) is 0 Å². The number of rotatable bonds is 7. The predicted octanol–water partition coefficient (Wildman–Crippen LogP) is 4.05. The SMILES string of the molecule is O=C(NCc1ccccc1)C1CCN(CC(=O)N2N=C(c3ccco3)CC2c2cccs2)CC1. The molecular formula is C26H28N4O3S. The fourth-order valence-corrected chi connectivity index (χ4v) is 5.39. The molecule has 2 aliphatic heterocycles. The Hall–Kier alpha value is -3.23. The van der Waals surface area contributed by atoms with E-state index in [1.807, 2.05) is 53.9 Å². The summed E-state index contributed by atoms with van der Waals surface area (Å²) in [5.74, 6) is 0.773. The lowest BCUT2D eigenvalue weighted by Gasteiger charge is -2.32. The van der Waals surface area contributed by atoms with Gasteiger partial charge in [0.2, 0.25) is 5.91 Å². The number of furan rings is 1. The van der Waals surface area contributed by atoms with Gasteiger partial charge < -0.3 is 9.73 Å². The Bertz CT molecular complexity index is 1120. The molecule has 7 nitrogen and oxygen atoms in total. The van der Waals surface area contributed by atoms with Crippen LogP contribution < -0.4 is 5.32 Å². The Morgan fingerprint density at radius 1 is 1.06 bits per heavy atom. The smallest absolute Gasteiger partial charge is 0.257 e. The van der Waals surface area contributed by atoms with Crippen molar-refractivity contribution in [3.63, 3.8) is 0 Å². The second-order valence-corrected chi connectivity index (χ2v) is 9.73. The highest BCUT2D eigenvalue weighted by atomic mass is 32.1. The van der Waals surface area contributed by atoms with Crippen molar-refractivity contribution in [2.75, 3.05) is 19.6 Å². The van der Waals surface area contributed by atoms with Crippen LogP contribution in [0, 0.1) is 5.92 Å². The largest absolute Gasteiger partial charge is 0.463 e. The van der Waals surface area contributed by atoms with Gasteiger partial charge in [0.05, 0.1) is 18.8 Å². The second-order valence-electron chi connectivity index (χ2n) is 8.75. The summed E-state index contributed by atoms with van der Waals surface area (Å²) in [6.45, 7) is 2.30. The highest BCUT2D eigenvalue weighted by Gasteiger charge is 2.36. The van der Waals surface area contributed by atoms with Crippen molar-refractivity contribution in [1.29, 1.82) is 0 Å². The fourth-order valence-electron chi connectivity index (χ4n) is 4.58. The van der Waals surface area contributed by atoms with Crippen molar-refractivity contribution in [2.45, 2.75) is 31.8 Å². The van der Waals surface area contributed by atoms with Gasteiger partial charge >= 0.3 is 0 Å². The zero-order chi connectivity index (χ0) is 23.3. The van der Waals surface area contributed by atoms with Gasteiger partial charge in [-0.15, -0.1) is 11.3 Å². The molecule has 5 rings (SSSR count). The van der Waals surface area contributed by atoms with Crippen LogP contribution in [0.5, 0.6) is 0 Å². The minimum atomic E-state index is -0.103. The van der Waals surface area contributed by atoms with E-state index in [0.29, 0.717) is 25.3 Å². The van der Waals surface area contributed by atoms with Crippen molar-refractivity contribution in [1.82, 2.24) is 15.2 Å². The van der Waals surface area contributed by atoms with E-state index in [-0.39, 0.29) is 23.8 Å². The molecule has 1 aromatic carbocycles. The van der Waals surface area contributed by atoms with Gasteiger partial charge in [-0.25, -0.2) is 5.01 Å². The van der Waals surface area contributed by atoms with Crippen LogP contribution in [-0.4, -0.2) is 47.1 Å². The highest BCUT2D eigenvalue weighted by molar-refractivity contribution is 7.10. The van der Waals surface area contributed by atoms with Crippen LogP contribution in [0.2, 0.25) is 0 Å². The summed E-state index contributed by atoms with van der Waals surface area (Å²) < 4.78 is 5.53. The number of benzene rings is 1. The Balaban J connectivity index is 1.16. The maximum Gasteiger partial charge on any atom is 0.257 e. The maximum absolute atomic E-state index is 13.3. The Morgan fingerprint density at radius 3 is 2.59 bits per heavy atom. The van der Waals surface area contributed by atoms with E-state index < -0.39 is 0 Å². The van der Waals surface area contributed by atoms with Crippen molar-refractivity contribution < 1.29 is 14.0 Å². The summed E-state index contributed by atoms with van der Waals surface area (Å²) >= 11 is 1.64. The number of carbonyl (C=O) groups excluding carboxylic acids is 2. The summed E-state index contributed by atoms with van der Waals surface area (Å²) in [7, 11) is 0. The molecule has 1 unspecified atom stereocenters. The lowest BCUT2D eigenvalue weighted by molar-refractivity contribution is -0.134. The molecule has 2 aliphatic rings. The zero-order valence-corrected chi connectivity index (χ0v) is 19.7. The first-order chi connectivity index (χ1) is 16.7. The van der Waals surface area contributed by atoms with E-state index in [0.717, 1.165) is 42.1 Å². The monoisotopic (exact) mass is 476 g/mol. The van der Waals surface area contributed by atoms with Gasteiger partial charge in [0.1, 0.15) is 11.5 Å². The van der Waals surface area contributed by atoms with Gasteiger partial charge in [0.25, 0.3) is 5.91 Å². The van der Waals surface area contributed by atoms with Crippen molar-refractivity contribution in [3.8, 4) is 0 Å². The van der Waals surface area contributed by atoms with Gasteiger partial charge in [-0.1, -0.05) is 36.4 Å². The van der Waals surface area contributed by atoms with E-state index in [1.165, 1.54) is 0 Å². The molecule has 8 heteroatoms. The molecule has 0 spiro atoms. The van der Waals surface area contributed by atoms with Crippen molar-refractivity contribution in [2.24, 2.45) is 11.0 Å². The van der Waals surface area contributed by atoms with Crippen LogP contribution in [0.3, 0.4) is 0 Å². The number of thiophene rings is 1. The van der Waals surface area contributed by atoms with Crippen LogP contribution in [0.1, 0.15) is 41.5 Å². The summed E-state index contributed by atoms with van der Waals surface area (Å²) in [5.41, 5.74) is 1.89. The molecule has 1 saturated heterocycles. The molecule has 4 heterocycles. The number of nitrogens with one attached hydrogen (secondary N) is 1. The average molecular weight is 477 g/mol. The lowest BCUT2D eigenvalue weighted by atomic mass is 9.95. The van der Waals surface area contributed by atoms with E-state index in [1.54, 1.807) is 22.6 Å². The number of piperidine rings is 1. The molecule has 176 valence electrons. The van der Waals surface area contributed by atoms with Crippen LogP contribution >= 0.6 is 11.3 Å². The minimum absolute atomic E-state index is 0.00991. The Labute approximate surface area is 203 Å². The number of hydrogen-bond donors (Lipinski definition) is 1. The number of amides is 2. The predicted molar refractivity (Wildman–Crippen MR) is 131 cm³/mol. The first-order valence-electron chi connectivity index (χ1n) is 11.7. The van der Waals surface area contributed by atoms with Crippen LogP contribution in [-0.2, 0) is 16.1 Å².